The van der Waals surface area contributed by atoms with Crippen molar-refractivity contribution in [2.24, 2.45) is 0 Å². The first-order chi connectivity index (χ1) is 13.1. The van der Waals surface area contributed by atoms with E-state index in [1.807, 2.05) is 6.92 Å². The summed E-state index contributed by atoms with van der Waals surface area (Å²) in [6, 6.07) is 6.87. The van der Waals surface area contributed by atoms with Gasteiger partial charge in [0.15, 0.2) is 4.34 Å². The molecule has 9 heteroatoms. The van der Waals surface area contributed by atoms with Crippen molar-refractivity contribution in [3.05, 3.63) is 35.4 Å². The van der Waals surface area contributed by atoms with Gasteiger partial charge in [-0.2, -0.15) is 0 Å². The van der Waals surface area contributed by atoms with E-state index in [1.165, 1.54) is 16.2 Å². The number of anilines is 1. The van der Waals surface area contributed by atoms with Crippen LogP contribution >= 0.6 is 23.1 Å². The molecule has 0 aliphatic carbocycles. The number of rotatable bonds is 9. The smallest absolute Gasteiger partial charge is 0.261 e. The van der Waals surface area contributed by atoms with Gasteiger partial charge in [0.05, 0.1) is 11.1 Å². The Kier molecular flexibility index (Phi) is 6.57. The SMILES string of the molecule is CCSc1nnc(NC(=O)CCCCCN2C(=O)c3ccccc3C2=O)s1. The van der Waals surface area contributed by atoms with Crippen LogP contribution in [0, 0.1) is 0 Å². The fourth-order valence-corrected chi connectivity index (χ4v) is 4.46. The van der Waals surface area contributed by atoms with Gasteiger partial charge in [0.25, 0.3) is 11.8 Å². The molecule has 0 saturated heterocycles. The van der Waals surface area contributed by atoms with Gasteiger partial charge in [-0.25, -0.2) is 0 Å². The number of imide groups is 1. The number of unbranched alkanes of at least 4 members (excludes halogenated alkanes) is 2. The second-order valence-corrected chi connectivity index (χ2v) is 8.46. The standard InChI is InChI=1S/C18H20N4O3S2/c1-2-26-18-21-20-17(27-18)19-14(23)10-4-3-7-11-22-15(24)12-8-5-6-9-13(12)16(22)25/h5-6,8-9H,2-4,7,10-11H2,1H3,(H,19,20,23). The molecule has 3 rings (SSSR count). The highest BCUT2D eigenvalue weighted by atomic mass is 32.2. The van der Waals surface area contributed by atoms with Crippen LogP contribution in [0.3, 0.4) is 0 Å². The zero-order valence-corrected chi connectivity index (χ0v) is 16.6. The molecule has 0 radical (unpaired) electrons. The number of benzene rings is 1. The van der Waals surface area contributed by atoms with Gasteiger partial charge in [0, 0.05) is 13.0 Å². The molecule has 1 aromatic heterocycles. The minimum atomic E-state index is -0.231. The van der Waals surface area contributed by atoms with Crippen LogP contribution in [0.15, 0.2) is 28.6 Å². The Morgan fingerprint density at radius 1 is 1.11 bits per heavy atom. The van der Waals surface area contributed by atoms with Crippen LogP contribution in [-0.2, 0) is 4.79 Å². The van der Waals surface area contributed by atoms with Crippen molar-refractivity contribution in [2.75, 3.05) is 17.6 Å². The molecule has 0 unspecified atom stereocenters. The average molecular weight is 405 g/mol. The normalized spacial score (nSPS) is 13.1. The Balaban J connectivity index is 1.36. The molecule has 0 spiro atoms. The molecular formula is C18H20N4O3S2. The van der Waals surface area contributed by atoms with Gasteiger partial charge in [0.2, 0.25) is 11.0 Å². The van der Waals surface area contributed by atoms with Crippen molar-refractivity contribution >= 4 is 46.0 Å². The number of nitrogens with one attached hydrogen (secondary N) is 1. The van der Waals surface area contributed by atoms with E-state index < -0.39 is 0 Å². The third-order valence-corrected chi connectivity index (χ3v) is 5.94. The zero-order valence-electron chi connectivity index (χ0n) is 14.9. The lowest BCUT2D eigenvalue weighted by molar-refractivity contribution is -0.116. The van der Waals surface area contributed by atoms with Gasteiger partial charge in [-0.05, 0) is 30.7 Å². The Bertz CT molecular complexity index is 818. The van der Waals surface area contributed by atoms with Crippen LogP contribution in [0.2, 0.25) is 0 Å². The van der Waals surface area contributed by atoms with E-state index in [0.717, 1.165) is 16.5 Å². The third-order valence-electron chi connectivity index (χ3n) is 4.08. The molecular weight excluding hydrogens is 384 g/mol. The zero-order chi connectivity index (χ0) is 19.2. The van der Waals surface area contributed by atoms with Crippen molar-refractivity contribution in [3.8, 4) is 0 Å². The van der Waals surface area contributed by atoms with Gasteiger partial charge < -0.3 is 5.32 Å². The molecule has 27 heavy (non-hydrogen) atoms. The first-order valence-electron chi connectivity index (χ1n) is 8.81. The number of hydrogen-bond donors (Lipinski definition) is 1. The van der Waals surface area contributed by atoms with Gasteiger partial charge in [-0.1, -0.05) is 48.6 Å². The lowest BCUT2D eigenvalue weighted by Crippen LogP contribution is -2.30. The highest BCUT2D eigenvalue weighted by molar-refractivity contribution is 8.01. The van der Waals surface area contributed by atoms with Crippen LogP contribution in [-0.4, -0.2) is 45.1 Å². The molecule has 1 aliphatic rings. The average Bonchev–Trinajstić information content (AvgIpc) is 3.19. The number of thioether (sulfide) groups is 1. The minimum Gasteiger partial charge on any atom is -0.301 e. The molecule has 0 atom stereocenters. The van der Waals surface area contributed by atoms with Crippen molar-refractivity contribution in [1.82, 2.24) is 15.1 Å². The summed E-state index contributed by atoms with van der Waals surface area (Å²) in [5, 5.41) is 11.2. The predicted octanol–water partition coefficient (Wildman–Crippen LogP) is 3.45. The van der Waals surface area contributed by atoms with Crippen LogP contribution < -0.4 is 5.32 Å². The Hall–Kier alpha value is -2.26. The summed E-state index contributed by atoms with van der Waals surface area (Å²) in [6.07, 6.45) is 2.49. The molecule has 1 N–H and O–H groups in total. The third kappa shape index (κ3) is 4.72. The lowest BCUT2D eigenvalue weighted by Gasteiger charge is -2.13. The fourth-order valence-electron chi connectivity index (χ4n) is 2.80. The number of carbonyl (C=O) groups is 3. The van der Waals surface area contributed by atoms with E-state index in [-0.39, 0.29) is 17.7 Å². The van der Waals surface area contributed by atoms with Crippen molar-refractivity contribution in [2.45, 2.75) is 36.9 Å². The summed E-state index contributed by atoms with van der Waals surface area (Å²) in [7, 11) is 0. The van der Waals surface area contributed by atoms with E-state index in [4.69, 9.17) is 0 Å². The molecule has 0 saturated carbocycles. The maximum atomic E-state index is 12.3. The van der Waals surface area contributed by atoms with E-state index in [0.29, 0.717) is 42.1 Å². The summed E-state index contributed by atoms with van der Waals surface area (Å²) in [5.41, 5.74) is 0.944. The molecule has 3 amide bonds. The molecule has 7 nitrogen and oxygen atoms in total. The Morgan fingerprint density at radius 3 is 2.48 bits per heavy atom. The number of nitrogens with zero attached hydrogens (tertiary/aromatic N) is 3. The molecule has 1 aliphatic heterocycles. The monoisotopic (exact) mass is 404 g/mol. The van der Waals surface area contributed by atoms with E-state index in [2.05, 4.69) is 15.5 Å². The quantitative estimate of drug-likeness (QED) is 0.298. The Morgan fingerprint density at radius 2 is 1.81 bits per heavy atom. The fraction of sp³-hybridized carbons (Fsp3) is 0.389. The van der Waals surface area contributed by atoms with Crippen molar-refractivity contribution in [1.29, 1.82) is 0 Å². The summed E-state index contributed by atoms with van der Waals surface area (Å²) in [6.45, 7) is 2.41. The van der Waals surface area contributed by atoms with Gasteiger partial charge in [-0.3, -0.25) is 19.3 Å². The second kappa shape index (κ2) is 9.09. The van der Waals surface area contributed by atoms with E-state index >= 15 is 0 Å². The van der Waals surface area contributed by atoms with Crippen LogP contribution in [0.1, 0.15) is 53.3 Å². The summed E-state index contributed by atoms with van der Waals surface area (Å²) in [5.74, 6) is 0.353. The summed E-state index contributed by atoms with van der Waals surface area (Å²) < 4.78 is 0.841. The van der Waals surface area contributed by atoms with Crippen molar-refractivity contribution in [3.63, 3.8) is 0 Å². The maximum absolute atomic E-state index is 12.3. The van der Waals surface area contributed by atoms with Crippen LogP contribution in [0.25, 0.3) is 0 Å². The molecule has 2 heterocycles. The lowest BCUT2D eigenvalue weighted by atomic mass is 10.1. The predicted molar refractivity (Wildman–Crippen MR) is 105 cm³/mol. The van der Waals surface area contributed by atoms with Gasteiger partial charge in [-0.15, -0.1) is 10.2 Å². The Labute approximate surface area is 165 Å². The molecule has 0 fully saturated rings. The number of aromatic nitrogens is 2. The molecule has 1 aromatic carbocycles. The van der Waals surface area contributed by atoms with Crippen LogP contribution in [0.4, 0.5) is 5.13 Å². The molecule has 0 bridgehead atoms. The topological polar surface area (TPSA) is 92.3 Å². The van der Waals surface area contributed by atoms with E-state index in [1.54, 1.807) is 36.0 Å². The number of fused-ring (bicyclic) bond motifs is 1. The van der Waals surface area contributed by atoms with Gasteiger partial charge in [0.1, 0.15) is 0 Å². The maximum Gasteiger partial charge on any atom is 0.261 e. The van der Waals surface area contributed by atoms with Crippen molar-refractivity contribution < 1.29 is 14.4 Å². The first-order valence-corrected chi connectivity index (χ1v) is 10.6. The summed E-state index contributed by atoms with van der Waals surface area (Å²) >= 11 is 2.96. The number of carbonyl (C=O) groups excluding carboxylic acids is 3. The van der Waals surface area contributed by atoms with Gasteiger partial charge >= 0.3 is 0 Å². The summed E-state index contributed by atoms with van der Waals surface area (Å²) in [4.78, 5) is 37.8. The number of hydrogen-bond acceptors (Lipinski definition) is 7. The molecule has 142 valence electrons. The highest BCUT2D eigenvalue weighted by Crippen LogP contribution is 2.25. The second-order valence-electron chi connectivity index (χ2n) is 5.97. The largest absolute Gasteiger partial charge is 0.301 e. The number of amides is 3. The highest BCUT2D eigenvalue weighted by Gasteiger charge is 2.34. The minimum absolute atomic E-state index is 0.0973. The van der Waals surface area contributed by atoms with Crippen LogP contribution in [0.5, 0.6) is 0 Å². The van der Waals surface area contributed by atoms with E-state index in [9.17, 15) is 14.4 Å². The first kappa shape index (κ1) is 19.5. The molecule has 2 aromatic rings.